The van der Waals surface area contributed by atoms with Gasteiger partial charge in [-0.2, -0.15) is 0 Å². The average Bonchev–Trinajstić information content (AvgIpc) is 2.64. The van der Waals surface area contributed by atoms with Crippen molar-refractivity contribution in [1.82, 2.24) is 10.0 Å². The van der Waals surface area contributed by atoms with Crippen LogP contribution in [0.2, 0.25) is 0 Å². The highest BCUT2D eigenvalue weighted by molar-refractivity contribution is 7.88. The maximum absolute atomic E-state index is 11.5. The maximum atomic E-state index is 11.5. The molecule has 0 saturated carbocycles. The second-order valence-electron chi connectivity index (χ2n) is 5.76. The van der Waals surface area contributed by atoms with Gasteiger partial charge in [0.05, 0.1) is 6.26 Å². The molecule has 4 nitrogen and oxygen atoms in total. The Kier molecular flexibility index (Phi) is 3.15. The summed E-state index contributed by atoms with van der Waals surface area (Å²) in [6.07, 6.45) is 4.31. The Morgan fingerprint density at radius 2 is 1.95 bits per heavy atom. The van der Waals surface area contributed by atoms with Crippen molar-refractivity contribution in [3.05, 3.63) is 35.4 Å². The molecule has 1 aromatic rings. The minimum absolute atomic E-state index is 0.0655. The summed E-state index contributed by atoms with van der Waals surface area (Å²) in [4.78, 5) is 0. The SMILES string of the molecule is CS(=O)(=O)NC1CC2(CCNCC2)c2ccccc21. The summed E-state index contributed by atoms with van der Waals surface area (Å²) < 4.78 is 25.9. The maximum Gasteiger partial charge on any atom is 0.209 e. The summed E-state index contributed by atoms with van der Waals surface area (Å²) in [6, 6.07) is 8.23. The molecule has 104 valence electrons. The molecule has 1 atom stereocenters. The van der Waals surface area contributed by atoms with Crippen LogP contribution in [0.3, 0.4) is 0 Å². The molecule has 5 heteroatoms. The Labute approximate surface area is 114 Å². The third kappa shape index (κ3) is 2.42. The van der Waals surface area contributed by atoms with E-state index in [4.69, 9.17) is 0 Å². The van der Waals surface area contributed by atoms with Crippen molar-refractivity contribution in [3.63, 3.8) is 0 Å². The van der Waals surface area contributed by atoms with Crippen molar-refractivity contribution >= 4 is 10.0 Å². The largest absolute Gasteiger partial charge is 0.317 e. The van der Waals surface area contributed by atoms with E-state index < -0.39 is 10.0 Å². The number of sulfonamides is 1. The first-order valence-electron chi connectivity index (χ1n) is 6.78. The number of hydrogen-bond acceptors (Lipinski definition) is 3. The summed E-state index contributed by atoms with van der Waals surface area (Å²) in [7, 11) is -3.17. The highest BCUT2D eigenvalue weighted by Gasteiger charge is 2.44. The van der Waals surface area contributed by atoms with Crippen LogP contribution >= 0.6 is 0 Å². The average molecular weight is 280 g/mol. The van der Waals surface area contributed by atoms with Crippen LogP contribution in [0.5, 0.6) is 0 Å². The van der Waals surface area contributed by atoms with Crippen molar-refractivity contribution in [2.45, 2.75) is 30.7 Å². The number of rotatable bonds is 2. The number of fused-ring (bicyclic) bond motifs is 2. The van der Waals surface area contributed by atoms with Crippen LogP contribution in [0.4, 0.5) is 0 Å². The van der Waals surface area contributed by atoms with Gasteiger partial charge in [0, 0.05) is 6.04 Å². The molecule has 0 aromatic heterocycles. The molecule has 0 radical (unpaired) electrons. The first kappa shape index (κ1) is 13.1. The lowest BCUT2D eigenvalue weighted by Gasteiger charge is -2.35. The van der Waals surface area contributed by atoms with E-state index in [1.165, 1.54) is 11.8 Å². The third-order valence-electron chi connectivity index (χ3n) is 4.42. The fourth-order valence-electron chi connectivity index (χ4n) is 3.64. The van der Waals surface area contributed by atoms with Gasteiger partial charge in [-0.05, 0) is 48.9 Å². The fraction of sp³-hybridized carbons (Fsp3) is 0.571. The molecule has 19 heavy (non-hydrogen) atoms. The number of piperidine rings is 1. The van der Waals surface area contributed by atoms with Gasteiger partial charge in [0.25, 0.3) is 0 Å². The fourth-order valence-corrected chi connectivity index (χ4v) is 4.36. The van der Waals surface area contributed by atoms with E-state index in [1.54, 1.807) is 0 Å². The van der Waals surface area contributed by atoms with Crippen LogP contribution in [-0.4, -0.2) is 27.8 Å². The van der Waals surface area contributed by atoms with Gasteiger partial charge in [-0.15, -0.1) is 0 Å². The Hall–Kier alpha value is -0.910. The lowest BCUT2D eigenvalue weighted by Crippen LogP contribution is -2.39. The molecule has 1 heterocycles. The first-order valence-corrected chi connectivity index (χ1v) is 8.67. The Morgan fingerprint density at radius 1 is 1.26 bits per heavy atom. The van der Waals surface area contributed by atoms with Crippen molar-refractivity contribution in [2.24, 2.45) is 0 Å². The number of benzene rings is 1. The molecule has 1 aliphatic heterocycles. The van der Waals surface area contributed by atoms with Crippen LogP contribution in [0.25, 0.3) is 0 Å². The van der Waals surface area contributed by atoms with Crippen molar-refractivity contribution in [3.8, 4) is 0 Å². The molecule has 2 aliphatic rings. The number of hydrogen-bond donors (Lipinski definition) is 2. The van der Waals surface area contributed by atoms with E-state index in [0.29, 0.717) is 0 Å². The molecule has 0 bridgehead atoms. The minimum Gasteiger partial charge on any atom is -0.317 e. The van der Waals surface area contributed by atoms with Crippen molar-refractivity contribution in [1.29, 1.82) is 0 Å². The summed E-state index contributed by atoms with van der Waals surface area (Å²) in [5, 5.41) is 3.39. The second-order valence-corrected chi connectivity index (χ2v) is 7.54. The van der Waals surface area contributed by atoms with Crippen LogP contribution in [0, 0.1) is 0 Å². The van der Waals surface area contributed by atoms with Gasteiger partial charge in [-0.3, -0.25) is 0 Å². The quantitative estimate of drug-likeness (QED) is 0.858. The number of nitrogens with one attached hydrogen (secondary N) is 2. The van der Waals surface area contributed by atoms with E-state index in [2.05, 4.69) is 28.2 Å². The Balaban J connectivity index is 1.99. The van der Waals surface area contributed by atoms with E-state index in [9.17, 15) is 8.42 Å². The van der Waals surface area contributed by atoms with Crippen molar-refractivity contribution < 1.29 is 8.42 Å². The zero-order chi connectivity index (χ0) is 13.5. The summed E-state index contributed by atoms with van der Waals surface area (Å²) in [6.45, 7) is 2.03. The summed E-state index contributed by atoms with van der Waals surface area (Å²) in [5.41, 5.74) is 2.66. The van der Waals surface area contributed by atoms with Crippen LogP contribution in [-0.2, 0) is 15.4 Å². The monoisotopic (exact) mass is 280 g/mol. The zero-order valence-electron chi connectivity index (χ0n) is 11.1. The zero-order valence-corrected chi connectivity index (χ0v) is 12.0. The van der Waals surface area contributed by atoms with Gasteiger partial charge < -0.3 is 5.32 Å². The molecule has 1 fully saturated rings. The molecular formula is C14H20N2O2S. The predicted molar refractivity (Wildman–Crippen MR) is 75.6 cm³/mol. The molecule has 0 amide bonds. The second kappa shape index (κ2) is 4.58. The van der Waals surface area contributed by atoms with Gasteiger partial charge in [0.15, 0.2) is 0 Å². The molecular weight excluding hydrogens is 260 g/mol. The van der Waals surface area contributed by atoms with Gasteiger partial charge in [0.1, 0.15) is 0 Å². The molecule has 1 aromatic carbocycles. The highest BCUT2D eigenvalue weighted by Crippen LogP contribution is 2.49. The summed E-state index contributed by atoms with van der Waals surface area (Å²) in [5.74, 6) is 0. The van der Waals surface area contributed by atoms with Crippen molar-refractivity contribution in [2.75, 3.05) is 19.3 Å². The highest BCUT2D eigenvalue weighted by atomic mass is 32.2. The molecule has 1 saturated heterocycles. The van der Waals surface area contributed by atoms with E-state index in [0.717, 1.165) is 37.9 Å². The topological polar surface area (TPSA) is 58.2 Å². The summed E-state index contributed by atoms with van der Waals surface area (Å²) >= 11 is 0. The van der Waals surface area contributed by atoms with Gasteiger partial charge >= 0.3 is 0 Å². The Morgan fingerprint density at radius 3 is 2.63 bits per heavy atom. The van der Waals surface area contributed by atoms with Gasteiger partial charge in [0.2, 0.25) is 10.0 Å². The third-order valence-corrected chi connectivity index (χ3v) is 5.13. The smallest absolute Gasteiger partial charge is 0.209 e. The lowest BCUT2D eigenvalue weighted by molar-refractivity contribution is 0.290. The minimum atomic E-state index is -3.17. The van der Waals surface area contributed by atoms with E-state index >= 15 is 0 Å². The Bertz CT molecular complexity index is 577. The van der Waals surface area contributed by atoms with Crippen LogP contribution in [0.15, 0.2) is 24.3 Å². The van der Waals surface area contributed by atoms with Gasteiger partial charge in [-0.1, -0.05) is 24.3 Å². The van der Waals surface area contributed by atoms with Crippen LogP contribution < -0.4 is 10.0 Å². The molecule has 1 aliphatic carbocycles. The molecule has 3 rings (SSSR count). The lowest BCUT2D eigenvalue weighted by atomic mass is 9.74. The first-order chi connectivity index (χ1) is 9.00. The standard InChI is InChI=1S/C14H20N2O2S/c1-19(17,18)16-13-10-14(6-8-15-9-7-14)12-5-3-2-4-11(12)13/h2-5,13,15-16H,6-10H2,1H3. The molecule has 1 unspecified atom stereocenters. The predicted octanol–water partition coefficient (Wildman–Crippen LogP) is 1.30. The normalized spacial score (nSPS) is 25.4. The van der Waals surface area contributed by atoms with E-state index in [1.807, 2.05) is 6.07 Å². The van der Waals surface area contributed by atoms with E-state index in [-0.39, 0.29) is 11.5 Å². The van der Waals surface area contributed by atoms with Gasteiger partial charge in [-0.25, -0.2) is 13.1 Å². The molecule has 2 N–H and O–H groups in total. The van der Waals surface area contributed by atoms with Crippen LogP contribution in [0.1, 0.15) is 36.4 Å². The molecule has 1 spiro atoms.